The minimum atomic E-state index is -0.0541. The fraction of sp³-hybridized carbons (Fsp3) is 0.947. The molecule has 0 aromatic carbocycles. The Balaban J connectivity index is 1.64. The van der Waals surface area contributed by atoms with Crippen LogP contribution in [0.2, 0.25) is 0 Å². The smallest absolute Gasteiger partial charge is 0.139 e. The van der Waals surface area contributed by atoms with Gasteiger partial charge in [0.2, 0.25) is 0 Å². The van der Waals surface area contributed by atoms with Gasteiger partial charge in [-0.1, -0.05) is 13.8 Å². The molecule has 0 aromatic heterocycles. The number of aliphatic hydroxyl groups excluding tert-OH is 1. The van der Waals surface area contributed by atoms with Crippen LogP contribution in [0.5, 0.6) is 0 Å². The van der Waals surface area contributed by atoms with Crippen molar-refractivity contribution in [1.82, 2.24) is 0 Å². The van der Waals surface area contributed by atoms with Crippen molar-refractivity contribution < 1.29 is 9.90 Å². The van der Waals surface area contributed by atoms with Crippen molar-refractivity contribution in [1.29, 1.82) is 0 Å². The maximum atomic E-state index is 12.4. The molecule has 4 rings (SSSR count). The number of Topliss-reactive ketones (excluding diaryl/α,β-unsaturated/α-hetero) is 1. The van der Waals surface area contributed by atoms with Gasteiger partial charge < -0.3 is 5.11 Å². The van der Waals surface area contributed by atoms with E-state index in [1.54, 1.807) is 0 Å². The lowest BCUT2D eigenvalue weighted by Gasteiger charge is -2.60. The van der Waals surface area contributed by atoms with Crippen molar-refractivity contribution in [2.45, 2.75) is 77.7 Å². The normalized spacial score (nSPS) is 56.5. The van der Waals surface area contributed by atoms with Gasteiger partial charge in [0.25, 0.3) is 0 Å². The molecule has 0 aliphatic heterocycles. The Labute approximate surface area is 128 Å². The third-order valence-electron chi connectivity index (χ3n) is 8.35. The van der Waals surface area contributed by atoms with Crippen LogP contribution in [-0.4, -0.2) is 17.0 Å². The SMILES string of the molecule is C[C@]12CC[C@@H](O)CC1CC[C@@H]1C2CC[C@]2(C)C(=O)CCC12. The highest BCUT2D eigenvalue weighted by molar-refractivity contribution is 5.87. The Morgan fingerprint density at radius 3 is 2.62 bits per heavy atom. The maximum absolute atomic E-state index is 12.4. The van der Waals surface area contributed by atoms with Crippen LogP contribution >= 0.6 is 0 Å². The summed E-state index contributed by atoms with van der Waals surface area (Å²) in [7, 11) is 0. The van der Waals surface area contributed by atoms with Crippen molar-refractivity contribution in [3.8, 4) is 0 Å². The monoisotopic (exact) mass is 290 g/mol. The molecule has 2 nitrogen and oxygen atoms in total. The molecular formula is C19H30O2. The van der Waals surface area contributed by atoms with E-state index in [0.717, 1.165) is 49.9 Å². The minimum absolute atomic E-state index is 0.0124. The number of ketones is 1. The molecule has 0 heterocycles. The summed E-state index contributed by atoms with van der Waals surface area (Å²) in [4.78, 5) is 12.4. The van der Waals surface area contributed by atoms with Crippen molar-refractivity contribution in [2.24, 2.45) is 34.5 Å². The van der Waals surface area contributed by atoms with E-state index in [0.29, 0.717) is 17.1 Å². The average molecular weight is 290 g/mol. The Kier molecular flexibility index (Phi) is 3.10. The third kappa shape index (κ3) is 1.84. The molecule has 4 aliphatic rings. The highest BCUT2D eigenvalue weighted by Gasteiger charge is 2.60. The fourth-order valence-corrected chi connectivity index (χ4v) is 7.01. The van der Waals surface area contributed by atoms with Gasteiger partial charge >= 0.3 is 0 Å². The molecule has 0 amide bonds. The maximum Gasteiger partial charge on any atom is 0.139 e. The summed E-state index contributed by atoms with van der Waals surface area (Å²) in [6, 6.07) is 0. The van der Waals surface area contributed by atoms with E-state index in [1.807, 2.05) is 0 Å². The molecule has 21 heavy (non-hydrogen) atoms. The molecule has 0 saturated heterocycles. The summed E-state index contributed by atoms with van der Waals surface area (Å²) < 4.78 is 0. The summed E-state index contributed by atoms with van der Waals surface area (Å²) in [5, 5.41) is 10.0. The average Bonchev–Trinajstić information content (AvgIpc) is 2.76. The highest BCUT2D eigenvalue weighted by Crippen LogP contribution is 2.65. The van der Waals surface area contributed by atoms with Gasteiger partial charge in [0.05, 0.1) is 6.10 Å². The van der Waals surface area contributed by atoms with Crippen molar-refractivity contribution >= 4 is 5.78 Å². The summed E-state index contributed by atoms with van der Waals surface area (Å²) in [5.74, 6) is 3.54. The molecule has 118 valence electrons. The van der Waals surface area contributed by atoms with Gasteiger partial charge in [-0.3, -0.25) is 4.79 Å². The van der Waals surface area contributed by atoms with E-state index in [9.17, 15) is 9.90 Å². The first kappa shape index (κ1) is 14.2. The molecule has 4 aliphatic carbocycles. The molecule has 0 spiro atoms. The predicted octanol–water partition coefficient (Wildman–Crippen LogP) is 3.96. The van der Waals surface area contributed by atoms with E-state index in [4.69, 9.17) is 0 Å². The number of hydrogen-bond acceptors (Lipinski definition) is 2. The van der Waals surface area contributed by atoms with Gasteiger partial charge in [-0.2, -0.15) is 0 Å². The number of aliphatic hydroxyl groups is 1. The topological polar surface area (TPSA) is 37.3 Å². The van der Waals surface area contributed by atoms with Crippen LogP contribution in [0.4, 0.5) is 0 Å². The third-order valence-corrected chi connectivity index (χ3v) is 8.35. The molecule has 4 saturated carbocycles. The van der Waals surface area contributed by atoms with Gasteiger partial charge in [-0.05, 0) is 80.5 Å². The van der Waals surface area contributed by atoms with Crippen LogP contribution in [0.3, 0.4) is 0 Å². The Hall–Kier alpha value is -0.370. The number of rotatable bonds is 0. The highest BCUT2D eigenvalue weighted by atomic mass is 16.3. The summed E-state index contributed by atoms with van der Waals surface area (Å²) in [6.07, 6.45) is 10.1. The first-order valence-corrected chi connectivity index (χ1v) is 9.16. The summed E-state index contributed by atoms with van der Waals surface area (Å²) in [6.45, 7) is 4.78. The zero-order valence-electron chi connectivity index (χ0n) is 13.6. The zero-order valence-corrected chi connectivity index (χ0v) is 13.6. The molecule has 0 radical (unpaired) electrons. The Bertz CT molecular complexity index is 458. The van der Waals surface area contributed by atoms with Crippen LogP contribution in [0.25, 0.3) is 0 Å². The summed E-state index contributed by atoms with van der Waals surface area (Å²) >= 11 is 0. The van der Waals surface area contributed by atoms with E-state index >= 15 is 0 Å². The quantitative estimate of drug-likeness (QED) is 0.733. The second-order valence-corrected chi connectivity index (χ2v) is 9.00. The predicted molar refractivity (Wildman–Crippen MR) is 82.7 cm³/mol. The van der Waals surface area contributed by atoms with E-state index in [-0.39, 0.29) is 11.5 Å². The summed E-state index contributed by atoms with van der Waals surface area (Å²) in [5.41, 5.74) is 0.452. The van der Waals surface area contributed by atoms with Crippen molar-refractivity contribution in [2.75, 3.05) is 0 Å². The second kappa shape index (κ2) is 4.57. The van der Waals surface area contributed by atoms with Crippen LogP contribution in [0, 0.1) is 34.5 Å². The van der Waals surface area contributed by atoms with Gasteiger partial charge in [0.1, 0.15) is 5.78 Å². The van der Waals surface area contributed by atoms with Crippen molar-refractivity contribution in [3.05, 3.63) is 0 Å². The number of fused-ring (bicyclic) bond motifs is 5. The molecule has 3 unspecified atom stereocenters. The lowest BCUT2D eigenvalue weighted by Crippen LogP contribution is -2.54. The lowest BCUT2D eigenvalue weighted by atomic mass is 9.45. The lowest BCUT2D eigenvalue weighted by molar-refractivity contribution is -0.142. The van der Waals surface area contributed by atoms with E-state index in [1.165, 1.54) is 25.7 Å². The molecular weight excluding hydrogens is 260 g/mol. The zero-order chi connectivity index (χ0) is 14.8. The molecule has 4 fully saturated rings. The largest absolute Gasteiger partial charge is 0.393 e. The first-order chi connectivity index (χ1) is 9.95. The Morgan fingerprint density at radius 1 is 1.00 bits per heavy atom. The standard InChI is InChI=1S/C19H30O2/c1-18-9-7-13(20)11-12(18)3-4-14-15-5-6-17(21)19(15,2)10-8-16(14)18/h12-16,20H,3-11H2,1-2H3/t12?,13-,14+,15?,16?,18+,19+/m1/s1. The van der Waals surface area contributed by atoms with Crippen LogP contribution in [0.15, 0.2) is 0 Å². The van der Waals surface area contributed by atoms with Gasteiger partial charge in [0, 0.05) is 11.8 Å². The number of carbonyl (C=O) groups excluding carboxylic acids is 1. The Morgan fingerprint density at radius 2 is 1.81 bits per heavy atom. The molecule has 0 aromatic rings. The number of carbonyl (C=O) groups is 1. The fourth-order valence-electron chi connectivity index (χ4n) is 7.01. The number of hydrogen-bond donors (Lipinski definition) is 1. The van der Waals surface area contributed by atoms with Gasteiger partial charge in [-0.15, -0.1) is 0 Å². The van der Waals surface area contributed by atoms with Gasteiger partial charge in [-0.25, -0.2) is 0 Å². The second-order valence-electron chi connectivity index (χ2n) is 9.00. The molecule has 7 atom stereocenters. The van der Waals surface area contributed by atoms with Crippen LogP contribution in [-0.2, 0) is 4.79 Å². The van der Waals surface area contributed by atoms with Crippen molar-refractivity contribution in [3.63, 3.8) is 0 Å². The van der Waals surface area contributed by atoms with Gasteiger partial charge in [0.15, 0.2) is 0 Å². The van der Waals surface area contributed by atoms with E-state index < -0.39 is 0 Å². The minimum Gasteiger partial charge on any atom is -0.393 e. The molecule has 2 heteroatoms. The van der Waals surface area contributed by atoms with Crippen LogP contribution in [0.1, 0.15) is 71.6 Å². The van der Waals surface area contributed by atoms with Crippen LogP contribution < -0.4 is 0 Å². The van der Waals surface area contributed by atoms with E-state index in [2.05, 4.69) is 13.8 Å². The molecule has 1 N–H and O–H groups in total. The molecule has 0 bridgehead atoms. The first-order valence-electron chi connectivity index (χ1n) is 9.16.